The van der Waals surface area contributed by atoms with Crippen LogP contribution in [-0.4, -0.2) is 25.8 Å². The van der Waals surface area contributed by atoms with Crippen LogP contribution in [0.2, 0.25) is 10.0 Å². The summed E-state index contributed by atoms with van der Waals surface area (Å²) in [7, 11) is 1.48. The highest BCUT2D eigenvalue weighted by molar-refractivity contribution is 6.37. The van der Waals surface area contributed by atoms with Crippen molar-refractivity contribution in [3.05, 3.63) is 99.8 Å². The quantitative estimate of drug-likeness (QED) is 0.208. The molecule has 0 atom stereocenters. The number of hydrazone groups is 1. The molecule has 9 heteroatoms. The third-order valence-corrected chi connectivity index (χ3v) is 5.07. The standard InChI is InChI=1S/C25H21Cl2FN2O4/c1-3-10-33-22-9-8-17(13-23(22)32-2)25(31)30-29-14-16-11-19(26)24(20(27)12-16)34-15-18-6-4-5-7-21(18)28/h3-9,11-14H,1,10,15H2,2H3,(H,30,31)/b29-14+. The van der Waals surface area contributed by atoms with Gasteiger partial charge in [0.2, 0.25) is 0 Å². The Bertz CT molecular complexity index is 1190. The molecule has 0 unspecified atom stereocenters. The fourth-order valence-electron chi connectivity index (χ4n) is 2.86. The molecule has 0 saturated carbocycles. The highest BCUT2D eigenvalue weighted by atomic mass is 35.5. The molecule has 1 amide bonds. The maximum atomic E-state index is 13.8. The van der Waals surface area contributed by atoms with Crippen molar-refractivity contribution >= 4 is 35.3 Å². The van der Waals surface area contributed by atoms with E-state index in [1.807, 2.05) is 0 Å². The molecule has 6 nitrogen and oxygen atoms in total. The first-order valence-electron chi connectivity index (χ1n) is 10.0. The summed E-state index contributed by atoms with van der Waals surface area (Å²) in [5, 5.41) is 4.38. The molecule has 0 aromatic heterocycles. The van der Waals surface area contributed by atoms with Crippen LogP contribution in [0.5, 0.6) is 17.2 Å². The van der Waals surface area contributed by atoms with Crippen molar-refractivity contribution in [1.29, 1.82) is 0 Å². The summed E-state index contributed by atoms with van der Waals surface area (Å²) in [6, 6.07) is 14.1. The number of nitrogens with zero attached hydrogens (tertiary/aromatic N) is 1. The Hall–Kier alpha value is -3.55. The van der Waals surface area contributed by atoms with Gasteiger partial charge in [0.15, 0.2) is 17.2 Å². The fraction of sp³-hybridized carbons (Fsp3) is 0.120. The van der Waals surface area contributed by atoms with Gasteiger partial charge in [-0.05, 0) is 42.0 Å². The lowest BCUT2D eigenvalue weighted by Gasteiger charge is -2.11. The van der Waals surface area contributed by atoms with Crippen molar-refractivity contribution in [3.8, 4) is 17.2 Å². The average Bonchev–Trinajstić information content (AvgIpc) is 2.83. The number of carbonyl (C=O) groups excluding carboxylic acids is 1. The Morgan fingerprint density at radius 2 is 1.82 bits per heavy atom. The van der Waals surface area contributed by atoms with E-state index in [2.05, 4.69) is 17.1 Å². The number of nitrogens with one attached hydrogen (secondary N) is 1. The van der Waals surface area contributed by atoms with Gasteiger partial charge in [-0.3, -0.25) is 4.79 Å². The molecule has 0 aliphatic heterocycles. The molecule has 1 N–H and O–H groups in total. The van der Waals surface area contributed by atoms with Crippen molar-refractivity contribution < 1.29 is 23.4 Å². The van der Waals surface area contributed by atoms with Gasteiger partial charge in [0, 0.05) is 11.1 Å². The average molecular weight is 503 g/mol. The molecule has 3 aromatic rings. The molecule has 176 valence electrons. The van der Waals surface area contributed by atoms with Crippen molar-refractivity contribution in [3.63, 3.8) is 0 Å². The molecule has 3 aromatic carbocycles. The van der Waals surface area contributed by atoms with E-state index in [-0.39, 0.29) is 28.2 Å². The third-order valence-electron chi connectivity index (χ3n) is 4.51. The summed E-state index contributed by atoms with van der Waals surface area (Å²) in [6.45, 7) is 3.87. The largest absolute Gasteiger partial charge is 0.493 e. The maximum absolute atomic E-state index is 13.8. The minimum atomic E-state index is -0.452. The van der Waals surface area contributed by atoms with Crippen LogP contribution in [0.15, 0.2) is 72.4 Å². The van der Waals surface area contributed by atoms with Crippen LogP contribution in [0.3, 0.4) is 0 Å². The van der Waals surface area contributed by atoms with Gasteiger partial charge in [-0.15, -0.1) is 0 Å². The van der Waals surface area contributed by atoms with E-state index < -0.39 is 5.91 Å². The lowest BCUT2D eigenvalue weighted by Crippen LogP contribution is -2.17. The Kier molecular flexibility index (Phi) is 8.90. The van der Waals surface area contributed by atoms with Gasteiger partial charge in [0.25, 0.3) is 5.91 Å². The molecule has 0 bridgehead atoms. The molecular formula is C25H21Cl2FN2O4. The topological polar surface area (TPSA) is 69.2 Å². The van der Waals surface area contributed by atoms with Crippen LogP contribution in [0, 0.1) is 5.82 Å². The summed E-state index contributed by atoms with van der Waals surface area (Å²) in [5.41, 5.74) is 3.66. The maximum Gasteiger partial charge on any atom is 0.271 e. The van der Waals surface area contributed by atoms with Crippen LogP contribution in [0.1, 0.15) is 21.5 Å². The van der Waals surface area contributed by atoms with Crippen LogP contribution in [0.4, 0.5) is 4.39 Å². The highest BCUT2D eigenvalue weighted by Gasteiger charge is 2.12. The Morgan fingerprint density at radius 3 is 2.50 bits per heavy atom. The van der Waals surface area contributed by atoms with Gasteiger partial charge in [-0.2, -0.15) is 5.10 Å². The molecule has 0 aliphatic rings. The monoisotopic (exact) mass is 502 g/mol. The van der Waals surface area contributed by atoms with Gasteiger partial charge < -0.3 is 14.2 Å². The van der Waals surface area contributed by atoms with E-state index in [1.54, 1.807) is 54.6 Å². The van der Waals surface area contributed by atoms with E-state index >= 15 is 0 Å². The number of carbonyl (C=O) groups is 1. The molecule has 0 fully saturated rings. The number of amides is 1. The summed E-state index contributed by atoms with van der Waals surface area (Å²) in [6.07, 6.45) is 2.99. The smallest absolute Gasteiger partial charge is 0.271 e. The van der Waals surface area contributed by atoms with Crippen molar-refractivity contribution in [2.75, 3.05) is 13.7 Å². The highest BCUT2D eigenvalue weighted by Crippen LogP contribution is 2.34. The second kappa shape index (κ2) is 12.1. The predicted octanol–water partition coefficient (Wildman–Crippen LogP) is 6.05. The number of halogens is 3. The van der Waals surface area contributed by atoms with Crippen LogP contribution in [-0.2, 0) is 6.61 Å². The number of rotatable bonds is 10. The third kappa shape index (κ3) is 6.50. The molecule has 3 rings (SSSR count). The predicted molar refractivity (Wildman–Crippen MR) is 131 cm³/mol. The minimum Gasteiger partial charge on any atom is -0.493 e. The normalized spacial score (nSPS) is 10.7. The second-order valence-electron chi connectivity index (χ2n) is 6.86. The van der Waals surface area contributed by atoms with Crippen LogP contribution in [0.25, 0.3) is 0 Å². The van der Waals surface area contributed by atoms with E-state index in [0.717, 1.165) is 0 Å². The van der Waals surface area contributed by atoms with E-state index in [4.69, 9.17) is 37.4 Å². The molecule has 0 spiro atoms. The number of hydrogen-bond donors (Lipinski definition) is 1. The van der Waals surface area contributed by atoms with Crippen LogP contribution < -0.4 is 19.6 Å². The van der Waals surface area contributed by atoms with Gasteiger partial charge in [0.1, 0.15) is 19.0 Å². The van der Waals surface area contributed by atoms with E-state index in [9.17, 15) is 9.18 Å². The van der Waals surface area contributed by atoms with Gasteiger partial charge in [0.05, 0.1) is 23.4 Å². The molecule has 0 saturated heterocycles. The zero-order valence-electron chi connectivity index (χ0n) is 18.2. The van der Waals surface area contributed by atoms with Gasteiger partial charge in [-0.25, -0.2) is 9.82 Å². The molecule has 0 radical (unpaired) electrons. The van der Waals surface area contributed by atoms with Crippen molar-refractivity contribution in [2.45, 2.75) is 6.61 Å². The minimum absolute atomic E-state index is 0.0313. The Morgan fingerprint density at radius 1 is 1.09 bits per heavy atom. The fourth-order valence-corrected chi connectivity index (χ4v) is 3.48. The molecule has 34 heavy (non-hydrogen) atoms. The van der Waals surface area contributed by atoms with Crippen molar-refractivity contribution in [2.24, 2.45) is 5.10 Å². The molecular weight excluding hydrogens is 482 g/mol. The SMILES string of the molecule is C=CCOc1ccc(C(=O)N/N=C/c2cc(Cl)c(OCc3ccccc3F)c(Cl)c2)cc1OC. The number of benzene rings is 3. The number of hydrogen-bond acceptors (Lipinski definition) is 5. The van der Waals surface area contributed by atoms with Crippen molar-refractivity contribution in [1.82, 2.24) is 5.43 Å². The zero-order chi connectivity index (χ0) is 24.5. The second-order valence-corrected chi connectivity index (χ2v) is 7.67. The summed E-state index contributed by atoms with van der Waals surface area (Å²) in [4.78, 5) is 12.4. The summed E-state index contributed by atoms with van der Waals surface area (Å²) < 4.78 is 30.1. The number of ether oxygens (including phenoxy) is 3. The summed E-state index contributed by atoms with van der Waals surface area (Å²) >= 11 is 12.6. The number of methoxy groups -OCH3 is 1. The van der Waals surface area contributed by atoms with Gasteiger partial charge >= 0.3 is 0 Å². The lowest BCUT2D eigenvalue weighted by molar-refractivity contribution is 0.0954. The molecule has 0 aliphatic carbocycles. The Labute approximate surface area is 206 Å². The lowest BCUT2D eigenvalue weighted by atomic mass is 10.2. The molecule has 0 heterocycles. The first-order valence-corrected chi connectivity index (χ1v) is 10.8. The summed E-state index contributed by atoms with van der Waals surface area (Å²) in [5.74, 6) is 0.281. The van der Waals surface area contributed by atoms with E-state index in [1.165, 1.54) is 19.4 Å². The van der Waals surface area contributed by atoms with Gasteiger partial charge in [-0.1, -0.05) is 54.1 Å². The first kappa shape index (κ1) is 25.1. The van der Waals surface area contributed by atoms with Crippen LogP contribution >= 0.6 is 23.2 Å². The van der Waals surface area contributed by atoms with E-state index in [0.29, 0.717) is 34.8 Å². The Balaban J connectivity index is 1.65. The first-order chi connectivity index (χ1) is 16.4. The zero-order valence-corrected chi connectivity index (χ0v) is 19.7.